The molecule has 7 heteroatoms. The topological polar surface area (TPSA) is 51.2 Å². The van der Waals surface area contributed by atoms with E-state index in [9.17, 15) is 4.79 Å². The molecule has 0 atom stereocenters. The molecule has 42 heavy (non-hydrogen) atoms. The fourth-order valence-corrected chi connectivity index (χ4v) is 6.02. The van der Waals surface area contributed by atoms with Crippen LogP contribution in [0.15, 0.2) is 72.3 Å². The molecule has 0 unspecified atom stereocenters. The van der Waals surface area contributed by atoms with Gasteiger partial charge in [-0.2, -0.15) is 0 Å². The molecule has 0 radical (unpaired) electrons. The van der Waals surface area contributed by atoms with Crippen molar-refractivity contribution in [3.8, 4) is 17.2 Å². The van der Waals surface area contributed by atoms with E-state index in [0.717, 1.165) is 56.3 Å². The predicted molar refractivity (Wildman–Crippen MR) is 170 cm³/mol. The van der Waals surface area contributed by atoms with Crippen LogP contribution in [0.25, 0.3) is 5.57 Å². The van der Waals surface area contributed by atoms with E-state index in [-0.39, 0.29) is 0 Å². The average Bonchev–Trinajstić information content (AvgIpc) is 2.99. The molecule has 1 saturated heterocycles. The van der Waals surface area contributed by atoms with Crippen LogP contribution in [0.4, 0.5) is 5.69 Å². The Morgan fingerprint density at radius 1 is 0.929 bits per heavy atom. The standard InChI is InChI=1S/C35H41ClN2O4/c1-5-41-34(39)29-15-14-28(22-33(29)42-32-9-7-6-8-31(32)40-4)38-20-18-37(19-21-38)24-26-16-17-35(2,3)23-30(26)25-10-12-27(36)13-11-25/h6-15,22H,5,16-21,23-24H2,1-4H3. The van der Waals surface area contributed by atoms with Crippen LogP contribution in [0.5, 0.6) is 17.2 Å². The molecule has 0 bridgehead atoms. The first-order valence-electron chi connectivity index (χ1n) is 14.8. The summed E-state index contributed by atoms with van der Waals surface area (Å²) in [7, 11) is 1.60. The molecule has 0 spiro atoms. The van der Waals surface area contributed by atoms with Crippen molar-refractivity contribution in [3.05, 3.63) is 88.5 Å². The van der Waals surface area contributed by atoms with Gasteiger partial charge in [-0.05, 0) is 79.1 Å². The fourth-order valence-electron chi connectivity index (χ4n) is 5.89. The number of piperazine rings is 1. The van der Waals surface area contributed by atoms with Crippen molar-refractivity contribution in [3.63, 3.8) is 0 Å². The molecule has 1 fully saturated rings. The number of ether oxygens (including phenoxy) is 3. The highest BCUT2D eigenvalue weighted by molar-refractivity contribution is 6.30. The number of allylic oxidation sites excluding steroid dienone is 1. The van der Waals surface area contributed by atoms with Gasteiger partial charge in [0.1, 0.15) is 11.3 Å². The highest BCUT2D eigenvalue weighted by Gasteiger charge is 2.29. The number of hydrogen-bond donors (Lipinski definition) is 0. The Balaban J connectivity index is 1.32. The van der Waals surface area contributed by atoms with Gasteiger partial charge in [0.05, 0.1) is 13.7 Å². The van der Waals surface area contributed by atoms with Crippen LogP contribution < -0.4 is 14.4 Å². The van der Waals surface area contributed by atoms with Gasteiger partial charge < -0.3 is 19.1 Å². The van der Waals surface area contributed by atoms with E-state index in [4.69, 9.17) is 25.8 Å². The number of nitrogens with zero attached hydrogens (tertiary/aromatic N) is 2. The molecule has 3 aromatic carbocycles. The smallest absolute Gasteiger partial charge is 0.341 e. The first kappa shape index (κ1) is 30.0. The minimum absolute atomic E-state index is 0.296. The van der Waals surface area contributed by atoms with Crippen molar-refractivity contribution in [2.45, 2.75) is 40.0 Å². The van der Waals surface area contributed by atoms with Crippen LogP contribution >= 0.6 is 11.6 Å². The minimum atomic E-state index is -0.404. The van der Waals surface area contributed by atoms with Gasteiger partial charge in [0.25, 0.3) is 0 Å². The second kappa shape index (κ2) is 13.2. The summed E-state index contributed by atoms with van der Waals surface area (Å²) in [6.45, 7) is 11.5. The molecule has 0 aromatic heterocycles. The number of carbonyl (C=O) groups is 1. The Labute approximate surface area is 254 Å². The maximum Gasteiger partial charge on any atom is 0.341 e. The molecule has 222 valence electrons. The lowest BCUT2D eigenvalue weighted by Crippen LogP contribution is -2.47. The molecule has 2 aliphatic rings. The Hall–Kier alpha value is -3.48. The summed E-state index contributed by atoms with van der Waals surface area (Å²) in [5.41, 5.74) is 6.05. The number of esters is 1. The number of hydrogen-bond acceptors (Lipinski definition) is 6. The van der Waals surface area contributed by atoms with Crippen molar-refractivity contribution in [2.75, 3.05) is 51.3 Å². The highest BCUT2D eigenvalue weighted by Crippen LogP contribution is 2.43. The van der Waals surface area contributed by atoms with Crippen LogP contribution in [-0.2, 0) is 4.74 Å². The predicted octanol–water partition coefficient (Wildman–Crippen LogP) is 8.10. The van der Waals surface area contributed by atoms with E-state index in [1.54, 1.807) is 25.7 Å². The van der Waals surface area contributed by atoms with E-state index < -0.39 is 5.97 Å². The summed E-state index contributed by atoms with van der Waals surface area (Å²) in [5, 5.41) is 0.777. The van der Waals surface area contributed by atoms with Gasteiger partial charge in [-0.25, -0.2) is 4.79 Å². The van der Waals surface area contributed by atoms with Gasteiger partial charge in [0.15, 0.2) is 11.5 Å². The third-order valence-corrected chi connectivity index (χ3v) is 8.53. The molecule has 0 amide bonds. The number of para-hydroxylation sites is 2. The van der Waals surface area contributed by atoms with Crippen LogP contribution in [0.2, 0.25) is 5.02 Å². The molecule has 6 nitrogen and oxygen atoms in total. The van der Waals surface area contributed by atoms with Gasteiger partial charge in [-0.15, -0.1) is 0 Å². The minimum Gasteiger partial charge on any atom is -0.493 e. The largest absolute Gasteiger partial charge is 0.493 e. The Morgan fingerprint density at radius 2 is 1.64 bits per heavy atom. The van der Waals surface area contributed by atoms with E-state index >= 15 is 0 Å². The van der Waals surface area contributed by atoms with Crippen molar-refractivity contribution in [1.82, 2.24) is 4.90 Å². The molecule has 0 saturated carbocycles. The highest BCUT2D eigenvalue weighted by atomic mass is 35.5. The summed E-state index contributed by atoms with van der Waals surface area (Å²) in [6.07, 6.45) is 3.43. The number of benzene rings is 3. The van der Waals surface area contributed by atoms with E-state index in [1.165, 1.54) is 17.6 Å². The number of methoxy groups -OCH3 is 1. The second-order valence-corrected chi connectivity index (χ2v) is 12.3. The van der Waals surface area contributed by atoms with Gasteiger partial charge in [0.2, 0.25) is 0 Å². The zero-order chi connectivity index (χ0) is 29.7. The second-order valence-electron chi connectivity index (χ2n) is 11.8. The first-order chi connectivity index (χ1) is 20.3. The van der Waals surface area contributed by atoms with Crippen molar-refractivity contribution in [1.29, 1.82) is 0 Å². The summed E-state index contributed by atoms with van der Waals surface area (Å²) in [4.78, 5) is 17.7. The summed E-state index contributed by atoms with van der Waals surface area (Å²) >= 11 is 6.20. The van der Waals surface area contributed by atoms with Gasteiger partial charge in [-0.1, -0.05) is 55.3 Å². The van der Waals surface area contributed by atoms with Crippen molar-refractivity contribution >= 4 is 28.8 Å². The molecular formula is C35H41ClN2O4. The van der Waals surface area contributed by atoms with Crippen LogP contribution in [0.1, 0.15) is 56.0 Å². The van der Waals surface area contributed by atoms with Gasteiger partial charge in [-0.3, -0.25) is 4.90 Å². The van der Waals surface area contributed by atoms with E-state index in [2.05, 4.69) is 35.8 Å². The third-order valence-electron chi connectivity index (χ3n) is 8.28. The maximum atomic E-state index is 12.8. The molecule has 1 aliphatic heterocycles. The lowest BCUT2D eigenvalue weighted by Gasteiger charge is -2.39. The van der Waals surface area contributed by atoms with E-state index in [1.807, 2.05) is 48.5 Å². The lowest BCUT2D eigenvalue weighted by atomic mass is 9.72. The maximum absolute atomic E-state index is 12.8. The quantitative estimate of drug-likeness (QED) is 0.235. The molecule has 5 rings (SSSR count). The zero-order valence-corrected chi connectivity index (χ0v) is 25.9. The SMILES string of the molecule is CCOC(=O)c1ccc(N2CCN(CC3=C(c4ccc(Cl)cc4)CC(C)(C)CC3)CC2)cc1Oc1ccccc1OC. The fraction of sp³-hybridized carbons (Fsp3) is 0.400. The number of halogens is 1. The van der Waals surface area contributed by atoms with Gasteiger partial charge >= 0.3 is 5.97 Å². The van der Waals surface area contributed by atoms with Crippen LogP contribution in [0, 0.1) is 5.41 Å². The monoisotopic (exact) mass is 588 g/mol. The number of carbonyl (C=O) groups excluding carboxylic acids is 1. The zero-order valence-electron chi connectivity index (χ0n) is 25.1. The Bertz CT molecular complexity index is 1430. The van der Waals surface area contributed by atoms with Crippen molar-refractivity contribution < 1.29 is 19.0 Å². The first-order valence-corrected chi connectivity index (χ1v) is 15.2. The van der Waals surface area contributed by atoms with Crippen molar-refractivity contribution in [2.24, 2.45) is 5.41 Å². The van der Waals surface area contributed by atoms with Crippen LogP contribution in [-0.4, -0.2) is 57.3 Å². The lowest BCUT2D eigenvalue weighted by molar-refractivity contribution is 0.0523. The third kappa shape index (κ3) is 7.11. The number of rotatable bonds is 9. The van der Waals surface area contributed by atoms with Crippen LogP contribution in [0.3, 0.4) is 0 Å². The molecule has 1 heterocycles. The summed E-state index contributed by atoms with van der Waals surface area (Å²) in [6, 6.07) is 21.5. The van der Waals surface area contributed by atoms with Gasteiger partial charge in [0, 0.05) is 49.5 Å². The molecule has 3 aromatic rings. The Morgan fingerprint density at radius 3 is 2.33 bits per heavy atom. The molecule has 0 N–H and O–H groups in total. The Kier molecular flexibility index (Phi) is 9.44. The molecular weight excluding hydrogens is 548 g/mol. The average molecular weight is 589 g/mol. The summed E-state index contributed by atoms with van der Waals surface area (Å²) < 4.78 is 17.0. The molecule has 1 aliphatic carbocycles. The van der Waals surface area contributed by atoms with E-state index in [0.29, 0.717) is 34.8 Å². The number of anilines is 1. The normalized spacial score (nSPS) is 17.2. The summed E-state index contributed by atoms with van der Waals surface area (Å²) in [5.74, 6) is 1.21.